The molecular weight excluding hydrogens is 172 g/mol. The second-order valence-corrected chi connectivity index (χ2v) is 6.98. The Hall–Kier alpha value is 0.260. The molecule has 0 bridgehead atoms. The van der Waals surface area contributed by atoms with E-state index in [1.807, 2.05) is 0 Å². The minimum Gasteiger partial charge on any atom is -0.392 e. The lowest BCUT2D eigenvalue weighted by molar-refractivity contribution is 0.196. The number of aliphatic hydroxyl groups is 1. The summed E-state index contributed by atoms with van der Waals surface area (Å²) in [4.78, 5) is 0. The van der Waals surface area contributed by atoms with Gasteiger partial charge in [-0.2, -0.15) is 0 Å². The molecule has 62 valence electrons. The predicted molar refractivity (Wildman–Crippen MR) is 43.6 cm³/mol. The highest BCUT2D eigenvalue weighted by molar-refractivity contribution is 8.72. The number of hydrogen-bond donors (Lipinski definition) is 1. The zero-order chi connectivity index (χ0) is 8.36. The van der Waals surface area contributed by atoms with Gasteiger partial charge in [0.05, 0.1) is 6.10 Å². The van der Waals surface area contributed by atoms with Crippen LogP contribution in [0.4, 0.5) is 0 Å². The molecule has 0 aromatic carbocycles. The first kappa shape index (κ1) is 10.3. The third-order valence-corrected chi connectivity index (χ3v) is 4.01. The molecule has 0 spiro atoms. The van der Waals surface area contributed by atoms with Gasteiger partial charge in [-0.15, -0.1) is 0 Å². The molecule has 0 aliphatic heterocycles. The molecule has 2 atom stereocenters. The fraction of sp³-hybridized carbons (Fsp3) is 1.00. The SMILES string of the molecule is CC(O)C(C)SS(C)(=O)=O. The van der Waals surface area contributed by atoms with Crippen LogP contribution in [0, 0.1) is 0 Å². The van der Waals surface area contributed by atoms with Gasteiger partial charge in [0.2, 0.25) is 0 Å². The van der Waals surface area contributed by atoms with Crippen LogP contribution in [0.5, 0.6) is 0 Å². The van der Waals surface area contributed by atoms with Gasteiger partial charge in [-0.1, -0.05) is 0 Å². The van der Waals surface area contributed by atoms with Crippen LogP contribution in [0.1, 0.15) is 13.8 Å². The van der Waals surface area contributed by atoms with Gasteiger partial charge in [0.1, 0.15) is 0 Å². The van der Waals surface area contributed by atoms with Crippen molar-refractivity contribution >= 4 is 19.7 Å². The standard InChI is InChI=1S/C5H12O3S2/c1-4(6)5(2)9-10(3,7)8/h4-6H,1-3H3. The zero-order valence-electron chi connectivity index (χ0n) is 6.23. The van der Waals surface area contributed by atoms with Crippen LogP contribution in [0.25, 0.3) is 0 Å². The van der Waals surface area contributed by atoms with Crippen molar-refractivity contribution in [2.75, 3.05) is 6.26 Å². The van der Waals surface area contributed by atoms with Crippen molar-refractivity contribution in [3.63, 3.8) is 0 Å². The number of aliphatic hydroxyl groups excluding tert-OH is 1. The molecule has 5 heteroatoms. The molecule has 0 saturated carbocycles. The molecule has 0 radical (unpaired) electrons. The summed E-state index contributed by atoms with van der Waals surface area (Å²) in [5.41, 5.74) is 0. The maximum atomic E-state index is 10.6. The molecule has 0 aliphatic rings. The van der Waals surface area contributed by atoms with Gasteiger partial charge in [-0.05, 0) is 24.6 Å². The third-order valence-electron chi connectivity index (χ3n) is 1.01. The van der Waals surface area contributed by atoms with Gasteiger partial charge in [0.15, 0.2) is 8.87 Å². The van der Waals surface area contributed by atoms with Gasteiger partial charge in [-0.25, -0.2) is 8.42 Å². The monoisotopic (exact) mass is 184 g/mol. The topological polar surface area (TPSA) is 54.4 Å². The highest BCUT2D eigenvalue weighted by Crippen LogP contribution is 2.19. The van der Waals surface area contributed by atoms with Crippen molar-refractivity contribution in [1.29, 1.82) is 0 Å². The fourth-order valence-corrected chi connectivity index (χ4v) is 3.20. The van der Waals surface area contributed by atoms with Crippen LogP contribution in [-0.2, 0) is 8.87 Å². The predicted octanol–water partition coefficient (Wildman–Crippen LogP) is 0.449. The second-order valence-electron chi connectivity index (χ2n) is 2.25. The second kappa shape index (κ2) is 3.59. The summed E-state index contributed by atoms with van der Waals surface area (Å²) in [6, 6.07) is 0. The Balaban J connectivity index is 3.93. The van der Waals surface area contributed by atoms with Crippen molar-refractivity contribution in [3.8, 4) is 0 Å². The lowest BCUT2D eigenvalue weighted by Gasteiger charge is -2.11. The Morgan fingerprint density at radius 2 is 1.80 bits per heavy atom. The molecular formula is C5H12O3S2. The van der Waals surface area contributed by atoms with E-state index in [9.17, 15) is 8.42 Å². The van der Waals surface area contributed by atoms with Gasteiger partial charge in [0, 0.05) is 11.5 Å². The lowest BCUT2D eigenvalue weighted by atomic mass is 10.3. The van der Waals surface area contributed by atoms with Crippen LogP contribution in [0.3, 0.4) is 0 Å². The van der Waals surface area contributed by atoms with E-state index in [4.69, 9.17) is 5.11 Å². The summed E-state index contributed by atoms with van der Waals surface area (Å²) in [6.45, 7) is 3.25. The van der Waals surface area contributed by atoms with E-state index in [0.29, 0.717) is 0 Å². The summed E-state index contributed by atoms with van der Waals surface area (Å²) in [7, 11) is -2.22. The van der Waals surface area contributed by atoms with Crippen LogP contribution >= 0.6 is 10.8 Å². The first-order valence-corrected chi connectivity index (χ1v) is 6.18. The normalized spacial score (nSPS) is 18.4. The van der Waals surface area contributed by atoms with Crippen LogP contribution < -0.4 is 0 Å². The van der Waals surface area contributed by atoms with E-state index in [1.165, 1.54) is 0 Å². The van der Waals surface area contributed by atoms with Gasteiger partial charge in [0.25, 0.3) is 0 Å². The van der Waals surface area contributed by atoms with Crippen LogP contribution in [-0.4, -0.2) is 31.1 Å². The van der Waals surface area contributed by atoms with E-state index < -0.39 is 15.0 Å². The van der Waals surface area contributed by atoms with Crippen molar-refractivity contribution in [3.05, 3.63) is 0 Å². The summed E-state index contributed by atoms with van der Waals surface area (Å²) >= 11 is 0. The molecule has 0 rings (SSSR count). The quantitative estimate of drug-likeness (QED) is 0.647. The Morgan fingerprint density at radius 3 is 1.90 bits per heavy atom. The molecule has 0 aromatic rings. The smallest absolute Gasteiger partial charge is 0.199 e. The number of rotatable bonds is 3. The van der Waals surface area contributed by atoms with Gasteiger partial charge >= 0.3 is 0 Å². The fourth-order valence-electron chi connectivity index (χ4n) is 0.356. The maximum absolute atomic E-state index is 10.6. The third kappa shape index (κ3) is 5.08. The van der Waals surface area contributed by atoms with E-state index in [-0.39, 0.29) is 5.25 Å². The lowest BCUT2D eigenvalue weighted by Crippen LogP contribution is -2.16. The van der Waals surface area contributed by atoms with Crippen molar-refractivity contribution < 1.29 is 13.5 Å². The molecule has 0 fully saturated rings. The minimum atomic E-state index is -3.01. The van der Waals surface area contributed by atoms with Crippen molar-refractivity contribution in [1.82, 2.24) is 0 Å². The molecule has 1 N–H and O–H groups in total. The van der Waals surface area contributed by atoms with Crippen molar-refractivity contribution in [2.45, 2.75) is 25.2 Å². The average molecular weight is 184 g/mol. The van der Waals surface area contributed by atoms with E-state index in [0.717, 1.165) is 17.0 Å². The summed E-state index contributed by atoms with van der Waals surface area (Å²) in [6.07, 6.45) is 0.552. The molecule has 10 heavy (non-hydrogen) atoms. The van der Waals surface area contributed by atoms with E-state index in [2.05, 4.69) is 0 Å². The Bertz CT molecular complexity index is 183. The Labute approximate surface area is 65.1 Å². The highest BCUT2D eigenvalue weighted by Gasteiger charge is 2.15. The van der Waals surface area contributed by atoms with Crippen LogP contribution in [0.2, 0.25) is 0 Å². The summed E-state index contributed by atoms with van der Waals surface area (Å²) in [5.74, 6) is 0. The highest BCUT2D eigenvalue weighted by atomic mass is 33.1. The first-order valence-electron chi connectivity index (χ1n) is 2.89. The van der Waals surface area contributed by atoms with Crippen LogP contribution in [0.15, 0.2) is 0 Å². The summed E-state index contributed by atoms with van der Waals surface area (Å²) < 4.78 is 21.2. The molecule has 0 amide bonds. The Morgan fingerprint density at radius 1 is 1.40 bits per heavy atom. The van der Waals surface area contributed by atoms with Gasteiger partial charge < -0.3 is 5.11 Å². The molecule has 0 aromatic heterocycles. The Kier molecular flexibility index (Phi) is 3.69. The summed E-state index contributed by atoms with van der Waals surface area (Å²) in [5, 5.41) is 8.64. The average Bonchev–Trinajstić information content (AvgIpc) is 1.60. The molecule has 3 nitrogen and oxygen atoms in total. The largest absolute Gasteiger partial charge is 0.392 e. The number of hydrogen-bond acceptors (Lipinski definition) is 4. The molecule has 0 saturated heterocycles. The molecule has 2 unspecified atom stereocenters. The molecule has 0 aliphatic carbocycles. The minimum absolute atomic E-state index is 0.255. The van der Waals surface area contributed by atoms with E-state index >= 15 is 0 Å². The first-order chi connectivity index (χ1) is 4.33. The van der Waals surface area contributed by atoms with Gasteiger partial charge in [-0.3, -0.25) is 0 Å². The maximum Gasteiger partial charge on any atom is 0.199 e. The zero-order valence-corrected chi connectivity index (χ0v) is 7.87. The molecule has 0 heterocycles. The van der Waals surface area contributed by atoms with E-state index in [1.54, 1.807) is 13.8 Å². The van der Waals surface area contributed by atoms with Crippen molar-refractivity contribution in [2.24, 2.45) is 0 Å².